The third kappa shape index (κ3) is 3.12. The second-order valence-electron chi connectivity index (χ2n) is 4.05. The largest absolute Gasteiger partial charge is 0.396 e. The molecule has 0 saturated heterocycles. The van der Waals surface area contributed by atoms with Crippen molar-refractivity contribution in [2.75, 3.05) is 19.3 Å². The van der Waals surface area contributed by atoms with E-state index in [1.807, 2.05) is 17.5 Å². The quantitative estimate of drug-likeness (QED) is 0.909. The second-order valence-corrected chi connectivity index (χ2v) is 7.05. The number of thiophene rings is 1. The molecular weight excluding hydrogens is 282 g/mol. The highest BCUT2D eigenvalue weighted by Crippen LogP contribution is 2.19. The smallest absolute Gasteiger partial charge is 0.262 e. The average molecular weight is 297 g/mol. The molecule has 0 aliphatic heterocycles. The van der Waals surface area contributed by atoms with E-state index in [1.54, 1.807) is 17.4 Å². The maximum atomic E-state index is 12.3. The van der Waals surface area contributed by atoms with Crippen LogP contribution in [0.3, 0.4) is 0 Å². The first kappa shape index (κ1) is 14.0. The van der Waals surface area contributed by atoms with Crippen molar-refractivity contribution in [1.29, 1.82) is 0 Å². The molecule has 0 aliphatic rings. The van der Waals surface area contributed by atoms with E-state index in [4.69, 9.17) is 5.73 Å². The number of hydrogen-bond acceptors (Lipinski definition) is 5. The minimum absolute atomic E-state index is 0.0799. The Hall–Kier alpha value is -1.44. The van der Waals surface area contributed by atoms with E-state index in [0.29, 0.717) is 13.0 Å². The van der Waals surface area contributed by atoms with Crippen LogP contribution in [-0.2, 0) is 16.4 Å². The van der Waals surface area contributed by atoms with Crippen molar-refractivity contribution >= 4 is 27.0 Å². The lowest BCUT2D eigenvalue weighted by molar-refractivity contribution is 0.471. The molecule has 0 atom stereocenters. The summed E-state index contributed by atoms with van der Waals surface area (Å²) in [6.07, 6.45) is 2.11. The van der Waals surface area contributed by atoms with Gasteiger partial charge in [0.05, 0.1) is 5.69 Å². The SMILES string of the molecule is CN(CCc1cccs1)S(=O)(=O)c1ncccc1N. The molecule has 19 heavy (non-hydrogen) atoms. The maximum Gasteiger partial charge on any atom is 0.262 e. The summed E-state index contributed by atoms with van der Waals surface area (Å²) in [6.45, 7) is 0.402. The highest BCUT2D eigenvalue weighted by atomic mass is 32.2. The molecule has 0 spiro atoms. The Bertz CT molecular complexity index is 639. The Morgan fingerprint density at radius 2 is 2.16 bits per heavy atom. The third-order valence-corrected chi connectivity index (χ3v) is 5.48. The summed E-state index contributed by atoms with van der Waals surface area (Å²) >= 11 is 1.61. The topological polar surface area (TPSA) is 76.3 Å². The summed E-state index contributed by atoms with van der Waals surface area (Å²) in [4.78, 5) is 5.01. The maximum absolute atomic E-state index is 12.3. The van der Waals surface area contributed by atoms with Gasteiger partial charge >= 0.3 is 0 Å². The molecule has 102 valence electrons. The Balaban J connectivity index is 2.13. The minimum atomic E-state index is -3.62. The summed E-state index contributed by atoms with van der Waals surface area (Å²) < 4.78 is 25.9. The van der Waals surface area contributed by atoms with Gasteiger partial charge in [-0.1, -0.05) is 6.07 Å². The van der Waals surface area contributed by atoms with Gasteiger partial charge in [-0.25, -0.2) is 13.4 Å². The number of pyridine rings is 1. The van der Waals surface area contributed by atoms with E-state index in [2.05, 4.69) is 4.98 Å². The van der Waals surface area contributed by atoms with Crippen molar-refractivity contribution in [2.24, 2.45) is 0 Å². The predicted molar refractivity (Wildman–Crippen MR) is 76.5 cm³/mol. The molecule has 0 aliphatic carbocycles. The van der Waals surface area contributed by atoms with Crippen molar-refractivity contribution in [2.45, 2.75) is 11.4 Å². The van der Waals surface area contributed by atoms with Crippen molar-refractivity contribution in [1.82, 2.24) is 9.29 Å². The van der Waals surface area contributed by atoms with Gasteiger partial charge in [0.1, 0.15) is 0 Å². The number of sulfonamides is 1. The molecule has 2 N–H and O–H groups in total. The standard InChI is InChI=1S/C12H15N3O2S2/c1-15(8-6-10-4-3-9-18-10)19(16,17)12-11(13)5-2-7-14-12/h2-5,7,9H,6,8,13H2,1H3. The number of anilines is 1. The van der Waals surface area contributed by atoms with E-state index in [-0.39, 0.29) is 10.7 Å². The molecule has 0 saturated carbocycles. The van der Waals surface area contributed by atoms with Gasteiger partial charge in [-0.2, -0.15) is 4.31 Å². The Kier molecular flexibility index (Phi) is 4.18. The van der Waals surface area contributed by atoms with Gasteiger partial charge in [0.25, 0.3) is 10.0 Å². The molecule has 0 fully saturated rings. The zero-order chi connectivity index (χ0) is 13.9. The van der Waals surface area contributed by atoms with Gasteiger partial charge in [-0.3, -0.25) is 0 Å². The first-order valence-corrected chi connectivity index (χ1v) is 8.03. The lowest BCUT2D eigenvalue weighted by atomic mass is 10.3. The summed E-state index contributed by atoms with van der Waals surface area (Å²) in [5.41, 5.74) is 5.84. The van der Waals surface area contributed by atoms with Crippen molar-refractivity contribution in [3.05, 3.63) is 40.7 Å². The zero-order valence-corrected chi connectivity index (χ0v) is 12.1. The second kappa shape index (κ2) is 5.68. The molecule has 2 rings (SSSR count). The zero-order valence-electron chi connectivity index (χ0n) is 10.5. The van der Waals surface area contributed by atoms with Crippen LogP contribution in [0.2, 0.25) is 0 Å². The molecule has 0 unspecified atom stereocenters. The minimum Gasteiger partial charge on any atom is -0.396 e. The van der Waals surface area contributed by atoms with Gasteiger partial charge in [0.15, 0.2) is 5.03 Å². The normalized spacial score (nSPS) is 11.9. The van der Waals surface area contributed by atoms with Crippen LogP contribution in [0.1, 0.15) is 4.88 Å². The monoisotopic (exact) mass is 297 g/mol. The molecule has 0 radical (unpaired) electrons. The van der Waals surface area contributed by atoms with Crippen LogP contribution in [0.5, 0.6) is 0 Å². The van der Waals surface area contributed by atoms with E-state index >= 15 is 0 Å². The van der Waals surface area contributed by atoms with Crippen LogP contribution >= 0.6 is 11.3 Å². The Morgan fingerprint density at radius 3 is 2.79 bits per heavy atom. The van der Waals surface area contributed by atoms with Gasteiger partial charge < -0.3 is 5.73 Å². The predicted octanol–water partition coefficient (Wildman–Crippen LogP) is 1.59. The number of nitrogens with two attached hydrogens (primary N) is 1. The van der Waals surface area contributed by atoms with Gasteiger partial charge in [0.2, 0.25) is 0 Å². The van der Waals surface area contributed by atoms with Crippen molar-refractivity contribution in [3.8, 4) is 0 Å². The molecule has 0 bridgehead atoms. The summed E-state index contributed by atoms with van der Waals surface area (Å²) in [5.74, 6) is 0. The fourth-order valence-electron chi connectivity index (χ4n) is 1.61. The Morgan fingerprint density at radius 1 is 1.37 bits per heavy atom. The highest BCUT2D eigenvalue weighted by Gasteiger charge is 2.24. The number of likely N-dealkylation sites (N-methyl/N-ethyl adjacent to an activating group) is 1. The third-order valence-electron chi connectivity index (χ3n) is 2.71. The van der Waals surface area contributed by atoms with E-state index in [0.717, 1.165) is 4.88 Å². The fraction of sp³-hybridized carbons (Fsp3) is 0.250. The number of hydrogen-bond donors (Lipinski definition) is 1. The number of rotatable bonds is 5. The van der Waals surface area contributed by atoms with Crippen LogP contribution in [0.15, 0.2) is 40.9 Å². The summed E-state index contributed by atoms with van der Waals surface area (Å²) in [7, 11) is -2.08. The molecular formula is C12H15N3O2S2. The van der Waals surface area contributed by atoms with Gasteiger partial charge in [0, 0.05) is 24.7 Å². The molecule has 2 aromatic rings. The molecule has 0 aromatic carbocycles. The highest BCUT2D eigenvalue weighted by molar-refractivity contribution is 7.89. The van der Waals surface area contributed by atoms with Gasteiger partial charge in [-0.15, -0.1) is 11.3 Å². The van der Waals surface area contributed by atoms with Crippen LogP contribution in [-0.4, -0.2) is 31.3 Å². The first-order valence-electron chi connectivity index (χ1n) is 5.71. The van der Waals surface area contributed by atoms with E-state index < -0.39 is 10.0 Å². The number of nitrogen functional groups attached to an aromatic ring is 1. The van der Waals surface area contributed by atoms with Crippen LogP contribution in [0, 0.1) is 0 Å². The Labute approximate surface area is 116 Å². The summed E-state index contributed by atoms with van der Waals surface area (Å²) in [5, 5.41) is 1.89. The van der Waals surface area contributed by atoms with E-state index in [1.165, 1.54) is 23.6 Å². The van der Waals surface area contributed by atoms with E-state index in [9.17, 15) is 8.42 Å². The van der Waals surface area contributed by atoms with Crippen molar-refractivity contribution < 1.29 is 8.42 Å². The number of aromatic nitrogens is 1. The molecule has 2 aromatic heterocycles. The van der Waals surface area contributed by atoms with Crippen molar-refractivity contribution in [3.63, 3.8) is 0 Å². The lowest BCUT2D eigenvalue weighted by Gasteiger charge is -2.16. The fourth-order valence-corrected chi connectivity index (χ4v) is 3.49. The molecule has 0 amide bonds. The summed E-state index contributed by atoms with van der Waals surface area (Å²) in [6, 6.07) is 7.08. The molecule has 2 heterocycles. The van der Waals surface area contributed by atoms with Crippen LogP contribution in [0.25, 0.3) is 0 Å². The van der Waals surface area contributed by atoms with Gasteiger partial charge in [-0.05, 0) is 30.0 Å². The van der Waals surface area contributed by atoms with Crippen LogP contribution in [0.4, 0.5) is 5.69 Å². The molecule has 5 nitrogen and oxygen atoms in total. The van der Waals surface area contributed by atoms with Crippen LogP contribution < -0.4 is 5.73 Å². The number of nitrogens with zero attached hydrogens (tertiary/aromatic N) is 2. The average Bonchev–Trinajstić information content (AvgIpc) is 2.89. The molecule has 7 heteroatoms. The first-order chi connectivity index (χ1) is 9.01. The lowest BCUT2D eigenvalue weighted by Crippen LogP contribution is -2.30.